The number of thiazole rings is 1. The number of aromatic amines is 1. The summed E-state index contributed by atoms with van der Waals surface area (Å²) in [6.07, 6.45) is 0. The number of nitrogens with zero attached hydrogens (tertiary/aromatic N) is 1. The second-order valence-corrected chi connectivity index (χ2v) is 7.66. The molecule has 0 spiro atoms. The van der Waals surface area contributed by atoms with Crippen molar-refractivity contribution in [3.8, 4) is 0 Å². The topological polar surface area (TPSA) is 96.3 Å². The first-order chi connectivity index (χ1) is 9.95. The predicted octanol–water partition coefficient (Wildman–Crippen LogP) is 0.894. The number of aryl methyl sites for hydroxylation is 1. The van der Waals surface area contributed by atoms with Crippen molar-refractivity contribution < 1.29 is 8.42 Å². The first-order valence-electron chi connectivity index (χ1n) is 6.39. The van der Waals surface area contributed by atoms with E-state index < -0.39 is 10.0 Å². The molecule has 0 saturated heterocycles. The summed E-state index contributed by atoms with van der Waals surface area (Å²) in [6, 6.07) is 9.27. The predicted molar refractivity (Wildman–Crippen MR) is 82.8 cm³/mol. The molecular formula is C13H17N3O3S2. The maximum Gasteiger partial charge on any atom is 0.305 e. The number of hydrogen-bond acceptors (Lipinski definition) is 5. The summed E-state index contributed by atoms with van der Waals surface area (Å²) in [5, 5.41) is 0. The molecule has 0 saturated carbocycles. The van der Waals surface area contributed by atoms with Gasteiger partial charge in [0, 0.05) is 25.3 Å². The highest BCUT2D eigenvalue weighted by Gasteiger charge is 2.28. The van der Waals surface area contributed by atoms with Gasteiger partial charge in [-0.15, -0.1) is 0 Å². The minimum Gasteiger partial charge on any atom is -0.329 e. The van der Waals surface area contributed by atoms with Crippen LogP contribution in [0.1, 0.15) is 11.3 Å². The molecule has 0 radical (unpaired) electrons. The fourth-order valence-electron chi connectivity index (χ4n) is 1.97. The Morgan fingerprint density at radius 1 is 1.29 bits per heavy atom. The molecule has 0 aliphatic carbocycles. The third-order valence-electron chi connectivity index (χ3n) is 2.94. The third-order valence-corrected chi connectivity index (χ3v) is 6.36. The number of H-pyrrole nitrogens is 1. The molecule has 0 aliphatic heterocycles. The third kappa shape index (κ3) is 3.59. The van der Waals surface area contributed by atoms with E-state index in [1.807, 2.05) is 30.3 Å². The lowest BCUT2D eigenvalue weighted by atomic mass is 10.2. The second-order valence-electron chi connectivity index (χ2n) is 4.54. The van der Waals surface area contributed by atoms with Crippen LogP contribution in [0, 0.1) is 6.92 Å². The molecule has 1 aromatic carbocycles. The van der Waals surface area contributed by atoms with Crippen molar-refractivity contribution in [2.24, 2.45) is 5.73 Å². The molecule has 2 rings (SSSR count). The molecule has 6 nitrogen and oxygen atoms in total. The van der Waals surface area contributed by atoms with E-state index in [1.165, 1.54) is 4.31 Å². The molecule has 0 unspecified atom stereocenters. The van der Waals surface area contributed by atoms with E-state index >= 15 is 0 Å². The van der Waals surface area contributed by atoms with Crippen molar-refractivity contribution in [3.63, 3.8) is 0 Å². The lowest BCUT2D eigenvalue weighted by molar-refractivity contribution is 0.415. The summed E-state index contributed by atoms with van der Waals surface area (Å²) >= 11 is 0.704. The zero-order valence-corrected chi connectivity index (χ0v) is 13.2. The van der Waals surface area contributed by atoms with Crippen molar-refractivity contribution in [2.45, 2.75) is 17.7 Å². The molecule has 114 valence electrons. The maximum atomic E-state index is 12.7. The number of sulfonamides is 1. The minimum absolute atomic E-state index is 0.0527. The molecule has 0 amide bonds. The summed E-state index contributed by atoms with van der Waals surface area (Å²) in [6.45, 7) is 2.22. The highest BCUT2D eigenvalue weighted by atomic mass is 32.2. The fourth-order valence-corrected chi connectivity index (χ4v) is 4.85. The van der Waals surface area contributed by atoms with Crippen LogP contribution < -0.4 is 10.6 Å². The molecule has 0 bridgehead atoms. The first-order valence-corrected chi connectivity index (χ1v) is 8.64. The van der Waals surface area contributed by atoms with Crippen molar-refractivity contribution in [3.05, 3.63) is 51.3 Å². The van der Waals surface area contributed by atoms with Gasteiger partial charge in [-0.05, 0) is 12.5 Å². The monoisotopic (exact) mass is 327 g/mol. The normalized spacial score (nSPS) is 12.0. The zero-order chi connectivity index (χ0) is 15.5. The lowest BCUT2D eigenvalue weighted by Crippen LogP contribution is -2.34. The van der Waals surface area contributed by atoms with Crippen LogP contribution in [-0.2, 0) is 16.6 Å². The number of nitrogens with one attached hydrogen (secondary N) is 1. The van der Waals surface area contributed by atoms with Crippen LogP contribution in [0.2, 0.25) is 0 Å². The van der Waals surface area contributed by atoms with Gasteiger partial charge in [0.25, 0.3) is 10.0 Å². The van der Waals surface area contributed by atoms with Crippen molar-refractivity contribution in [2.75, 3.05) is 13.1 Å². The average Bonchev–Trinajstić information content (AvgIpc) is 2.79. The summed E-state index contributed by atoms with van der Waals surface area (Å²) in [5.41, 5.74) is 6.76. The van der Waals surface area contributed by atoms with Gasteiger partial charge in [0.15, 0.2) is 4.21 Å². The summed E-state index contributed by atoms with van der Waals surface area (Å²) < 4.78 is 26.7. The average molecular weight is 327 g/mol. The Hall–Kier alpha value is -1.48. The van der Waals surface area contributed by atoms with Gasteiger partial charge in [0.1, 0.15) is 0 Å². The van der Waals surface area contributed by atoms with Crippen molar-refractivity contribution in [1.29, 1.82) is 0 Å². The van der Waals surface area contributed by atoms with Crippen molar-refractivity contribution in [1.82, 2.24) is 9.29 Å². The van der Waals surface area contributed by atoms with E-state index in [4.69, 9.17) is 5.73 Å². The van der Waals surface area contributed by atoms with Gasteiger partial charge in [0.05, 0.1) is 0 Å². The Morgan fingerprint density at radius 3 is 2.48 bits per heavy atom. The minimum atomic E-state index is -3.73. The van der Waals surface area contributed by atoms with Crippen LogP contribution in [0.5, 0.6) is 0 Å². The standard InChI is InChI=1S/C13H17N3O3S2/c1-10-12(20-13(17)15-10)21(18,19)16(8-7-14)9-11-5-3-2-4-6-11/h2-6H,7-9,14H2,1H3,(H,15,17). The SMILES string of the molecule is Cc1[nH]c(=O)sc1S(=O)(=O)N(CCN)Cc1ccccc1. The number of benzene rings is 1. The van der Waals surface area contributed by atoms with Crippen LogP contribution in [0.3, 0.4) is 0 Å². The molecule has 21 heavy (non-hydrogen) atoms. The van der Waals surface area contributed by atoms with Gasteiger partial charge in [-0.3, -0.25) is 4.79 Å². The van der Waals surface area contributed by atoms with Gasteiger partial charge in [0.2, 0.25) is 0 Å². The van der Waals surface area contributed by atoms with Crippen LogP contribution in [0.4, 0.5) is 0 Å². The van der Waals surface area contributed by atoms with Crippen LogP contribution in [0.25, 0.3) is 0 Å². The van der Waals surface area contributed by atoms with Crippen LogP contribution >= 0.6 is 11.3 Å². The van der Waals surface area contributed by atoms with Gasteiger partial charge in [-0.2, -0.15) is 4.31 Å². The zero-order valence-electron chi connectivity index (χ0n) is 11.6. The molecule has 2 aromatic rings. The molecule has 0 aliphatic rings. The fraction of sp³-hybridized carbons (Fsp3) is 0.308. The Labute approximate surface area is 127 Å². The molecule has 0 atom stereocenters. The van der Waals surface area contributed by atoms with Gasteiger partial charge in [-0.1, -0.05) is 41.7 Å². The smallest absolute Gasteiger partial charge is 0.305 e. The highest BCUT2D eigenvalue weighted by molar-refractivity contribution is 7.91. The second kappa shape index (κ2) is 6.52. The van der Waals surface area contributed by atoms with Crippen LogP contribution in [0.15, 0.2) is 39.3 Å². The Bertz CT molecular complexity index is 750. The number of rotatable bonds is 6. The summed E-state index contributed by atoms with van der Waals surface area (Å²) in [4.78, 5) is 13.5. The Kier molecular flexibility index (Phi) is 4.94. The molecular weight excluding hydrogens is 310 g/mol. The Morgan fingerprint density at radius 2 is 1.95 bits per heavy atom. The van der Waals surface area contributed by atoms with E-state index in [9.17, 15) is 13.2 Å². The van der Waals surface area contributed by atoms with E-state index in [0.717, 1.165) is 5.56 Å². The van der Waals surface area contributed by atoms with E-state index in [0.29, 0.717) is 17.0 Å². The number of hydrogen-bond donors (Lipinski definition) is 2. The first kappa shape index (κ1) is 15.9. The summed E-state index contributed by atoms with van der Waals surface area (Å²) in [5.74, 6) is 0. The number of aromatic nitrogens is 1. The van der Waals surface area contributed by atoms with Gasteiger partial charge >= 0.3 is 4.87 Å². The molecule has 1 aromatic heterocycles. The van der Waals surface area contributed by atoms with Gasteiger partial charge < -0.3 is 10.7 Å². The molecule has 3 N–H and O–H groups in total. The van der Waals surface area contributed by atoms with Crippen molar-refractivity contribution >= 4 is 21.4 Å². The molecule has 1 heterocycles. The number of nitrogens with two attached hydrogens (primary N) is 1. The lowest BCUT2D eigenvalue weighted by Gasteiger charge is -2.21. The highest BCUT2D eigenvalue weighted by Crippen LogP contribution is 2.22. The quantitative estimate of drug-likeness (QED) is 0.823. The van der Waals surface area contributed by atoms with E-state index in [-0.39, 0.29) is 28.7 Å². The molecule has 0 fully saturated rings. The van der Waals surface area contributed by atoms with Crippen LogP contribution in [-0.4, -0.2) is 30.8 Å². The van der Waals surface area contributed by atoms with E-state index in [2.05, 4.69) is 4.98 Å². The van der Waals surface area contributed by atoms with E-state index in [1.54, 1.807) is 6.92 Å². The maximum absolute atomic E-state index is 12.7. The largest absolute Gasteiger partial charge is 0.329 e. The van der Waals surface area contributed by atoms with Gasteiger partial charge in [-0.25, -0.2) is 8.42 Å². The molecule has 8 heteroatoms. The summed E-state index contributed by atoms with van der Waals surface area (Å²) in [7, 11) is -3.73. The Balaban J connectivity index is 2.37.